The Hall–Kier alpha value is -3.27. The lowest BCUT2D eigenvalue weighted by atomic mass is 9.95. The Bertz CT molecular complexity index is 1120. The van der Waals surface area contributed by atoms with Crippen LogP contribution in [0.1, 0.15) is 34.4 Å². The Balaban J connectivity index is 1.73. The molecular formula is C20H17ClF3N5O2. The molecule has 1 aliphatic rings. The highest BCUT2D eigenvalue weighted by Gasteiger charge is 2.47. The van der Waals surface area contributed by atoms with Crippen molar-refractivity contribution in [1.82, 2.24) is 14.8 Å². The minimum absolute atomic E-state index is 0.0398. The molecule has 11 heteroatoms. The van der Waals surface area contributed by atoms with Crippen LogP contribution in [0, 0.1) is 0 Å². The van der Waals surface area contributed by atoms with Gasteiger partial charge in [0, 0.05) is 18.2 Å². The molecule has 3 heterocycles. The number of hydrogen-bond acceptors (Lipinski definition) is 5. The number of nitrogens with zero attached hydrogens (tertiary/aromatic N) is 3. The number of carbonyl (C=O) groups is 1. The highest BCUT2D eigenvalue weighted by Crippen LogP contribution is 2.45. The van der Waals surface area contributed by atoms with Crippen LogP contribution in [-0.2, 0) is 0 Å². The summed E-state index contributed by atoms with van der Waals surface area (Å²) in [5.41, 5.74) is 0.737. The van der Waals surface area contributed by atoms with E-state index < -0.39 is 24.2 Å². The van der Waals surface area contributed by atoms with E-state index in [-0.39, 0.29) is 28.6 Å². The molecular weight excluding hydrogens is 435 g/mol. The van der Waals surface area contributed by atoms with Crippen molar-refractivity contribution >= 4 is 29.0 Å². The quantitative estimate of drug-likeness (QED) is 0.554. The molecule has 2 N–H and O–H groups in total. The van der Waals surface area contributed by atoms with E-state index in [0.29, 0.717) is 11.3 Å². The molecule has 31 heavy (non-hydrogen) atoms. The second-order valence-corrected chi connectivity index (χ2v) is 7.24. The molecule has 0 unspecified atom stereocenters. The Morgan fingerprint density at radius 1 is 1.29 bits per heavy atom. The first-order valence-corrected chi connectivity index (χ1v) is 9.63. The van der Waals surface area contributed by atoms with Crippen LogP contribution in [-0.4, -0.2) is 34.0 Å². The lowest BCUT2D eigenvalue weighted by molar-refractivity contribution is -0.173. The SMILES string of the molecule is COc1ccccc1[C@H]1C[C@@H](C(F)(F)F)n2ncc(C(=O)Nc3cccnc3Cl)c2N1. The molecule has 0 saturated heterocycles. The van der Waals surface area contributed by atoms with Crippen LogP contribution in [0.4, 0.5) is 24.7 Å². The molecule has 4 rings (SSSR count). The smallest absolute Gasteiger partial charge is 0.410 e. The van der Waals surface area contributed by atoms with Gasteiger partial charge in [0.15, 0.2) is 11.2 Å². The minimum atomic E-state index is -4.57. The van der Waals surface area contributed by atoms with Gasteiger partial charge in [-0.2, -0.15) is 18.3 Å². The number of aromatic nitrogens is 3. The Morgan fingerprint density at radius 2 is 2.06 bits per heavy atom. The van der Waals surface area contributed by atoms with Crippen LogP contribution in [0.3, 0.4) is 0 Å². The van der Waals surface area contributed by atoms with E-state index in [1.54, 1.807) is 30.3 Å². The summed E-state index contributed by atoms with van der Waals surface area (Å²) in [5.74, 6) is -0.255. The number of pyridine rings is 1. The number of carbonyl (C=O) groups excluding carboxylic acids is 1. The van der Waals surface area contributed by atoms with E-state index in [1.807, 2.05) is 0 Å². The standard InChI is InChI=1S/C20H17ClF3N5O2/c1-31-15-7-3-2-5-11(15)14-9-16(20(22,23)24)29-18(27-14)12(10-26-29)19(30)28-13-6-4-8-25-17(13)21/h2-8,10,14,16,27H,9H2,1H3,(H,28,30)/t14-,16+/m1/s1. The van der Waals surface area contributed by atoms with Crippen molar-refractivity contribution in [2.24, 2.45) is 0 Å². The van der Waals surface area contributed by atoms with Gasteiger partial charge in [0.1, 0.15) is 17.1 Å². The number of para-hydroxylation sites is 1. The number of methoxy groups -OCH3 is 1. The molecule has 162 valence electrons. The predicted molar refractivity (Wildman–Crippen MR) is 108 cm³/mol. The van der Waals surface area contributed by atoms with Gasteiger partial charge in [0.2, 0.25) is 0 Å². The minimum Gasteiger partial charge on any atom is -0.496 e. The topological polar surface area (TPSA) is 81.1 Å². The third-order valence-electron chi connectivity index (χ3n) is 5.00. The van der Waals surface area contributed by atoms with E-state index in [0.717, 1.165) is 10.9 Å². The maximum Gasteiger partial charge on any atom is 0.410 e. The maximum atomic E-state index is 13.9. The molecule has 1 aliphatic heterocycles. The van der Waals surface area contributed by atoms with Crippen molar-refractivity contribution in [1.29, 1.82) is 0 Å². The molecule has 1 amide bonds. The average molecular weight is 452 g/mol. The van der Waals surface area contributed by atoms with Gasteiger partial charge in [-0.05, 0) is 18.2 Å². The number of amides is 1. The summed E-state index contributed by atoms with van der Waals surface area (Å²) in [5, 5.41) is 9.51. The van der Waals surface area contributed by atoms with E-state index in [2.05, 4.69) is 20.7 Å². The maximum absolute atomic E-state index is 13.9. The lowest BCUT2D eigenvalue weighted by Crippen LogP contribution is -2.36. The summed E-state index contributed by atoms with van der Waals surface area (Å²) in [6.07, 6.45) is -2.32. The molecule has 0 radical (unpaired) electrons. The number of ether oxygens (including phenoxy) is 1. The number of fused-ring (bicyclic) bond motifs is 1. The third kappa shape index (κ3) is 4.02. The van der Waals surface area contributed by atoms with Crippen LogP contribution in [0.15, 0.2) is 48.8 Å². The molecule has 0 saturated carbocycles. The van der Waals surface area contributed by atoms with Gasteiger partial charge < -0.3 is 15.4 Å². The predicted octanol–water partition coefficient (Wildman–Crippen LogP) is 4.85. The van der Waals surface area contributed by atoms with E-state index >= 15 is 0 Å². The van der Waals surface area contributed by atoms with Gasteiger partial charge in [0.05, 0.1) is 25.0 Å². The summed E-state index contributed by atoms with van der Waals surface area (Å²) >= 11 is 5.97. The molecule has 0 aliphatic carbocycles. The fraction of sp³-hybridized carbons (Fsp3) is 0.250. The summed E-state index contributed by atoms with van der Waals surface area (Å²) < 4.78 is 47.7. The number of hydrogen-bond donors (Lipinski definition) is 2. The molecule has 1 aromatic carbocycles. The molecule has 0 bridgehead atoms. The first-order chi connectivity index (χ1) is 14.8. The van der Waals surface area contributed by atoms with Crippen LogP contribution < -0.4 is 15.4 Å². The average Bonchev–Trinajstić information content (AvgIpc) is 3.18. The van der Waals surface area contributed by atoms with Crippen molar-refractivity contribution in [2.45, 2.75) is 24.7 Å². The van der Waals surface area contributed by atoms with Crippen molar-refractivity contribution < 1.29 is 22.7 Å². The Morgan fingerprint density at radius 3 is 2.77 bits per heavy atom. The third-order valence-corrected chi connectivity index (χ3v) is 5.31. The second-order valence-electron chi connectivity index (χ2n) is 6.88. The van der Waals surface area contributed by atoms with Crippen molar-refractivity contribution in [3.8, 4) is 5.75 Å². The Labute approximate surface area is 180 Å². The molecule has 0 fully saturated rings. The van der Waals surface area contributed by atoms with Crippen LogP contribution in [0.2, 0.25) is 5.15 Å². The summed E-state index contributed by atoms with van der Waals surface area (Å²) in [6, 6.07) is 7.24. The zero-order chi connectivity index (χ0) is 22.2. The number of benzene rings is 1. The van der Waals surface area contributed by atoms with Crippen molar-refractivity contribution in [3.63, 3.8) is 0 Å². The fourth-order valence-electron chi connectivity index (χ4n) is 3.56. The zero-order valence-electron chi connectivity index (χ0n) is 16.2. The monoisotopic (exact) mass is 451 g/mol. The summed E-state index contributed by atoms with van der Waals surface area (Å²) in [7, 11) is 1.45. The zero-order valence-corrected chi connectivity index (χ0v) is 16.9. The lowest BCUT2D eigenvalue weighted by Gasteiger charge is -2.34. The van der Waals surface area contributed by atoms with Crippen molar-refractivity contribution in [3.05, 3.63) is 65.1 Å². The number of nitrogens with one attached hydrogen (secondary N) is 2. The second kappa shape index (κ2) is 8.10. The molecule has 7 nitrogen and oxygen atoms in total. The van der Waals surface area contributed by atoms with Crippen LogP contribution in [0.5, 0.6) is 5.75 Å². The normalized spacial score (nSPS) is 18.1. The number of rotatable bonds is 4. The number of anilines is 2. The highest BCUT2D eigenvalue weighted by atomic mass is 35.5. The first-order valence-electron chi connectivity index (χ1n) is 9.25. The van der Waals surface area contributed by atoms with Crippen LogP contribution >= 0.6 is 11.6 Å². The van der Waals surface area contributed by atoms with Gasteiger partial charge in [-0.1, -0.05) is 29.8 Å². The van der Waals surface area contributed by atoms with Gasteiger partial charge >= 0.3 is 6.18 Å². The van der Waals surface area contributed by atoms with Gasteiger partial charge in [-0.3, -0.25) is 4.79 Å². The molecule has 3 aromatic rings. The summed E-state index contributed by atoms with van der Waals surface area (Å²) in [4.78, 5) is 16.7. The Kier molecular flexibility index (Phi) is 5.48. The molecule has 2 atom stereocenters. The van der Waals surface area contributed by atoms with Gasteiger partial charge in [-0.25, -0.2) is 9.67 Å². The van der Waals surface area contributed by atoms with Crippen LogP contribution in [0.25, 0.3) is 0 Å². The number of alkyl halides is 3. The molecule has 0 spiro atoms. The number of halogens is 4. The van der Waals surface area contributed by atoms with E-state index in [4.69, 9.17) is 16.3 Å². The van der Waals surface area contributed by atoms with Crippen molar-refractivity contribution in [2.75, 3.05) is 17.7 Å². The molecule has 2 aromatic heterocycles. The largest absolute Gasteiger partial charge is 0.496 e. The van der Waals surface area contributed by atoms with Gasteiger partial charge in [-0.15, -0.1) is 0 Å². The fourth-order valence-corrected chi connectivity index (χ4v) is 3.72. The van der Waals surface area contributed by atoms with E-state index in [9.17, 15) is 18.0 Å². The first kappa shape index (κ1) is 21.0. The summed E-state index contributed by atoms with van der Waals surface area (Å²) in [6.45, 7) is 0. The van der Waals surface area contributed by atoms with E-state index in [1.165, 1.54) is 19.4 Å². The van der Waals surface area contributed by atoms with Gasteiger partial charge in [0.25, 0.3) is 5.91 Å². The highest BCUT2D eigenvalue weighted by molar-refractivity contribution is 6.32.